The molecular weight excluding hydrogens is 202 g/mol. The topological polar surface area (TPSA) is 49.2 Å². The van der Waals surface area contributed by atoms with Crippen molar-refractivity contribution < 1.29 is 5.11 Å². The van der Waals surface area contributed by atoms with Gasteiger partial charge in [0.05, 0.1) is 6.61 Å². The lowest BCUT2D eigenvalue weighted by atomic mass is 10.1. The van der Waals surface area contributed by atoms with Gasteiger partial charge in [0.15, 0.2) is 0 Å². The minimum atomic E-state index is 0.118. The van der Waals surface area contributed by atoms with E-state index in [9.17, 15) is 0 Å². The van der Waals surface area contributed by atoms with Crippen LogP contribution in [0, 0.1) is 0 Å². The number of hydrogen-bond acceptors (Lipinski definition) is 4. The van der Waals surface area contributed by atoms with Crippen LogP contribution in [0.15, 0.2) is 6.07 Å². The molecule has 0 saturated heterocycles. The van der Waals surface area contributed by atoms with Crippen LogP contribution in [0.2, 0.25) is 0 Å². The maximum absolute atomic E-state index is 8.91. The molecule has 4 heteroatoms. The molecule has 0 saturated carbocycles. The van der Waals surface area contributed by atoms with E-state index >= 15 is 0 Å². The number of aliphatic hydroxyl groups excluding tert-OH is 1. The minimum Gasteiger partial charge on any atom is -0.395 e. The van der Waals surface area contributed by atoms with Crippen molar-refractivity contribution in [1.29, 1.82) is 0 Å². The Morgan fingerprint density at radius 1 is 1.38 bits per heavy atom. The third kappa shape index (κ3) is 3.17. The molecular formula is C12H21N3O. The summed E-state index contributed by atoms with van der Waals surface area (Å²) in [6, 6.07) is 2.06. The summed E-state index contributed by atoms with van der Waals surface area (Å²) in [6.07, 6.45) is 0.905. The lowest BCUT2D eigenvalue weighted by Gasteiger charge is -2.18. The van der Waals surface area contributed by atoms with Crippen molar-refractivity contribution in [2.45, 2.75) is 33.1 Å². The highest BCUT2D eigenvalue weighted by Gasteiger charge is 2.09. The molecule has 0 aliphatic carbocycles. The van der Waals surface area contributed by atoms with E-state index in [0.29, 0.717) is 18.4 Å². The quantitative estimate of drug-likeness (QED) is 0.823. The molecule has 1 heterocycles. The summed E-state index contributed by atoms with van der Waals surface area (Å²) in [6.45, 7) is 7.01. The van der Waals surface area contributed by atoms with Crippen LogP contribution in [-0.2, 0) is 6.42 Å². The summed E-state index contributed by atoms with van der Waals surface area (Å²) in [5.74, 6) is 1.10. The number of aliphatic hydroxyl groups is 1. The highest BCUT2D eigenvalue weighted by atomic mass is 16.3. The van der Waals surface area contributed by atoms with Crippen molar-refractivity contribution in [3.8, 4) is 0 Å². The summed E-state index contributed by atoms with van der Waals surface area (Å²) in [5.41, 5.74) is 2.12. The lowest BCUT2D eigenvalue weighted by Crippen LogP contribution is -2.24. The maximum atomic E-state index is 8.91. The summed E-state index contributed by atoms with van der Waals surface area (Å²) in [7, 11) is 1.90. The van der Waals surface area contributed by atoms with Crippen molar-refractivity contribution >= 4 is 5.95 Å². The SMILES string of the molecule is CCc1cc(C(C)C)nc(N(C)CCO)n1. The van der Waals surface area contributed by atoms with Crippen molar-refractivity contribution in [1.82, 2.24) is 9.97 Å². The van der Waals surface area contributed by atoms with Crippen molar-refractivity contribution in [2.24, 2.45) is 0 Å². The second kappa shape index (κ2) is 5.80. The van der Waals surface area contributed by atoms with E-state index in [1.807, 2.05) is 11.9 Å². The van der Waals surface area contributed by atoms with Crippen LogP contribution in [0.3, 0.4) is 0 Å². The predicted molar refractivity (Wildman–Crippen MR) is 65.9 cm³/mol. The Balaban J connectivity index is 3.03. The van der Waals surface area contributed by atoms with Crippen LogP contribution in [0.4, 0.5) is 5.95 Å². The molecule has 1 rings (SSSR count). The number of aromatic nitrogens is 2. The molecule has 0 radical (unpaired) electrons. The van der Waals surface area contributed by atoms with Gasteiger partial charge < -0.3 is 10.0 Å². The van der Waals surface area contributed by atoms with Crippen LogP contribution in [0.1, 0.15) is 38.1 Å². The molecule has 0 spiro atoms. The number of nitrogens with zero attached hydrogens (tertiary/aromatic N) is 3. The molecule has 16 heavy (non-hydrogen) atoms. The third-order valence-electron chi connectivity index (χ3n) is 2.52. The number of hydrogen-bond donors (Lipinski definition) is 1. The Morgan fingerprint density at radius 2 is 2.06 bits per heavy atom. The van der Waals surface area contributed by atoms with E-state index < -0.39 is 0 Å². The van der Waals surface area contributed by atoms with Crippen molar-refractivity contribution in [2.75, 3.05) is 25.1 Å². The average Bonchev–Trinajstić information content (AvgIpc) is 2.28. The van der Waals surface area contributed by atoms with Gasteiger partial charge in [-0.15, -0.1) is 0 Å². The zero-order valence-electron chi connectivity index (χ0n) is 10.6. The molecule has 0 aliphatic rings. The molecule has 0 unspecified atom stereocenters. The van der Waals surface area contributed by atoms with Crippen LogP contribution >= 0.6 is 0 Å². The normalized spacial score (nSPS) is 10.9. The zero-order chi connectivity index (χ0) is 12.1. The fourth-order valence-corrected chi connectivity index (χ4v) is 1.40. The molecule has 0 bridgehead atoms. The smallest absolute Gasteiger partial charge is 0.225 e. The van der Waals surface area contributed by atoms with Crippen molar-refractivity contribution in [3.63, 3.8) is 0 Å². The van der Waals surface area contributed by atoms with E-state index in [1.54, 1.807) is 0 Å². The Kier molecular flexibility index (Phi) is 4.68. The number of likely N-dealkylation sites (N-methyl/N-ethyl adjacent to an activating group) is 1. The summed E-state index contributed by atoms with van der Waals surface area (Å²) >= 11 is 0. The largest absolute Gasteiger partial charge is 0.395 e. The Bertz CT molecular complexity index is 339. The van der Waals surface area contributed by atoms with Gasteiger partial charge in [0.25, 0.3) is 0 Å². The van der Waals surface area contributed by atoms with Gasteiger partial charge >= 0.3 is 0 Å². The monoisotopic (exact) mass is 223 g/mol. The second-order valence-electron chi connectivity index (χ2n) is 4.24. The molecule has 1 N–H and O–H groups in total. The molecule has 0 aliphatic heterocycles. The summed E-state index contributed by atoms with van der Waals surface area (Å²) in [4.78, 5) is 10.8. The Labute approximate surface area is 97.3 Å². The minimum absolute atomic E-state index is 0.118. The van der Waals surface area contributed by atoms with E-state index in [0.717, 1.165) is 17.8 Å². The first-order valence-corrected chi connectivity index (χ1v) is 5.78. The van der Waals surface area contributed by atoms with Gasteiger partial charge in [-0.1, -0.05) is 20.8 Å². The van der Waals surface area contributed by atoms with Crippen LogP contribution in [-0.4, -0.2) is 35.3 Å². The fraction of sp³-hybridized carbons (Fsp3) is 0.667. The molecule has 4 nitrogen and oxygen atoms in total. The maximum Gasteiger partial charge on any atom is 0.225 e. The molecule has 1 aromatic rings. The molecule has 0 aromatic carbocycles. The first-order valence-electron chi connectivity index (χ1n) is 5.78. The van der Waals surface area contributed by atoms with E-state index in [1.165, 1.54) is 0 Å². The molecule has 1 aromatic heterocycles. The molecule has 0 amide bonds. The number of aryl methyl sites for hydroxylation is 1. The fourth-order valence-electron chi connectivity index (χ4n) is 1.40. The number of rotatable bonds is 5. The van der Waals surface area contributed by atoms with Gasteiger partial charge in [-0.2, -0.15) is 0 Å². The number of anilines is 1. The first-order chi connectivity index (χ1) is 7.58. The Morgan fingerprint density at radius 3 is 2.56 bits per heavy atom. The van der Waals surface area contributed by atoms with Gasteiger partial charge in [-0.05, 0) is 18.4 Å². The third-order valence-corrected chi connectivity index (χ3v) is 2.52. The van der Waals surface area contributed by atoms with E-state index in [4.69, 9.17) is 5.11 Å². The lowest BCUT2D eigenvalue weighted by molar-refractivity contribution is 0.303. The molecule has 0 atom stereocenters. The highest BCUT2D eigenvalue weighted by molar-refractivity contribution is 5.32. The highest BCUT2D eigenvalue weighted by Crippen LogP contribution is 2.16. The van der Waals surface area contributed by atoms with Gasteiger partial charge in [-0.3, -0.25) is 0 Å². The van der Waals surface area contributed by atoms with Gasteiger partial charge in [0.2, 0.25) is 5.95 Å². The molecule has 0 fully saturated rings. The van der Waals surface area contributed by atoms with Crippen LogP contribution in [0.5, 0.6) is 0 Å². The summed E-state index contributed by atoms with van der Waals surface area (Å²) in [5, 5.41) is 8.91. The van der Waals surface area contributed by atoms with Gasteiger partial charge in [0, 0.05) is 25.0 Å². The van der Waals surface area contributed by atoms with E-state index in [2.05, 4.69) is 36.8 Å². The van der Waals surface area contributed by atoms with Crippen LogP contribution in [0.25, 0.3) is 0 Å². The second-order valence-corrected chi connectivity index (χ2v) is 4.24. The summed E-state index contributed by atoms with van der Waals surface area (Å²) < 4.78 is 0. The predicted octanol–water partition coefficient (Wildman–Crippen LogP) is 1.59. The van der Waals surface area contributed by atoms with Gasteiger partial charge in [-0.25, -0.2) is 9.97 Å². The van der Waals surface area contributed by atoms with E-state index in [-0.39, 0.29) is 6.61 Å². The standard InChI is InChI=1S/C12H21N3O/c1-5-10-8-11(9(2)3)14-12(13-10)15(4)6-7-16/h8-9,16H,5-7H2,1-4H3. The van der Waals surface area contributed by atoms with Gasteiger partial charge in [0.1, 0.15) is 0 Å². The Hall–Kier alpha value is -1.16. The first kappa shape index (κ1) is 12.9. The van der Waals surface area contributed by atoms with Crippen LogP contribution < -0.4 is 4.90 Å². The average molecular weight is 223 g/mol. The molecule has 90 valence electrons. The van der Waals surface area contributed by atoms with Crippen molar-refractivity contribution in [3.05, 3.63) is 17.5 Å². The zero-order valence-corrected chi connectivity index (χ0v) is 10.6.